The van der Waals surface area contributed by atoms with Crippen molar-refractivity contribution in [3.05, 3.63) is 216 Å². The molecule has 0 bridgehead atoms. The van der Waals surface area contributed by atoms with E-state index in [-0.39, 0.29) is 16.2 Å². The highest BCUT2D eigenvalue weighted by molar-refractivity contribution is 6.11. The first-order chi connectivity index (χ1) is 32.4. The van der Waals surface area contributed by atoms with Gasteiger partial charge in [0.15, 0.2) is 0 Å². The molecule has 2 heterocycles. The third-order valence-electron chi connectivity index (χ3n) is 15.2. The molecule has 13 rings (SSSR count). The van der Waals surface area contributed by atoms with E-state index >= 15 is 0 Å². The highest BCUT2D eigenvalue weighted by atomic mass is 16.3. The number of nitrogens with zero attached hydrogens (tertiary/aromatic N) is 2. The summed E-state index contributed by atoms with van der Waals surface area (Å²) in [5.74, 6) is 0. The molecule has 0 aliphatic heterocycles. The van der Waals surface area contributed by atoms with Crippen LogP contribution in [0.2, 0.25) is 0 Å². The SMILES string of the molecule is CC(C)(C)c1c2c(c(N(c3ccc(-c4ccc5c(c4)oc4ccccc45)cc3)c3ccc4c5ccccc5n(-c5ccccc5)c4c3)c3c1-c1ccccc1C3(C)C)C(C)(C)c1ccccc1-2. The van der Waals surface area contributed by atoms with Crippen molar-refractivity contribution < 1.29 is 4.42 Å². The molecule has 0 amide bonds. The number of fused-ring (bicyclic) bond motifs is 12. The van der Waals surface area contributed by atoms with Crippen LogP contribution in [0.1, 0.15) is 76.3 Å². The molecule has 2 aromatic heterocycles. The first-order valence-corrected chi connectivity index (χ1v) is 23.8. The Labute approximate surface area is 392 Å². The monoisotopic (exact) mass is 864 g/mol. The Bertz CT molecular complexity index is 3750. The van der Waals surface area contributed by atoms with E-state index in [1.165, 1.54) is 77.6 Å². The van der Waals surface area contributed by atoms with Gasteiger partial charge >= 0.3 is 0 Å². The molecule has 0 saturated heterocycles. The summed E-state index contributed by atoms with van der Waals surface area (Å²) < 4.78 is 8.84. The van der Waals surface area contributed by atoms with Crippen molar-refractivity contribution in [3.8, 4) is 39.1 Å². The zero-order chi connectivity index (χ0) is 45.6. The van der Waals surface area contributed by atoms with Crippen LogP contribution in [0.4, 0.5) is 17.1 Å². The van der Waals surface area contributed by atoms with E-state index in [1.54, 1.807) is 0 Å². The quantitative estimate of drug-likeness (QED) is 0.172. The highest BCUT2D eigenvalue weighted by Crippen LogP contribution is 2.65. The second-order valence-corrected chi connectivity index (χ2v) is 20.9. The lowest BCUT2D eigenvalue weighted by Gasteiger charge is -2.39. The highest BCUT2D eigenvalue weighted by Gasteiger charge is 2.50. The van der Waals surface area contributed by atoms with Crippen LogP contribution in [-0.4, -0.2) is 4.57 Å². The summed E-state index contributed by atoms with van der Waals surface area (Å²) in [6, 6.07) is 69.5. The summed E-state index contributed by atoms with van der Waals surface area (Å²) in [6.07, 6.45) is 0. The van der Waals surface area contributed by atoms with Gasteiger partial charge in [-0.2, -0.15) is 0 Å². The van der Waals surface area contributed by atoms with E-state index in [2.05, 4.69) is 240 Å². The molecular weight excluding hydrogens is 813 g/mol. The molecule has 9 aromatic carbocycles. The molecule has 0 unspecified atom stereocenters. The zero-order valence-corrected chi connectivity index (χ0v) is 39.2. The molecule has 67 heavy (non-hydrogen) atoms. The van der Waals surface area contributed by atoms with E-state index in [1.807, 2.05) is 6.07 Å². The molecule has 0 fully saturated rings. The van der Waals surface area contributed by atoms with Gasteiger partial charge in [-0.15, -0.1) is 0 Å². The molecule has 0 saturated carbocycles. The summed E-state index contributed by atoms with van der Waals surface area (Å²) in [5.41, 5.74) is 22.8. The Hall–Kier alpha value is -7.62. The first kappa shape index (κ1) is 39.7. The number of hydrogen-bond acceptors (Lipinski definition) is 2. The lowest BCUT2D eigenvalue weighted by Crippen LogP contribution is -2.27. The maximum absolute atomic E-state index is 6.39. The number of anilines is 3. The Kier molecular flexibility index (Phi) is 8.27. The van der Waals surface area contributed by atoms with Crippen LogP contribution in [0.25, 0.3) is 82.8 Å². The van der Waals surface area contributed by atoms with Crippen LogP contribution in [0, 0.1) is 0 Å². The molecule has 0 N–H and O–H groups in total. The van der Waals surface area contributed by atoms with Gasteiger partial charge in [-0.25, -0.2) is 0 Å². The smallest absolute Gasteiger partial charge is 0.136 e. The van der Waals surface area contributed by atoms with E-state index in [9.17, 15) is 0 Å². The predicted molar refractivity (Wildman–Crippen MR) is 282 cm³/mol. The first-order valence-electron chi connectivity index (χ1n) is 23.8. The Morgan fingerprint density at radius 1 is 0.448 bits per heavy atom. The predicted octanol–water partition coefficient (Wildman–Crippen LogP) is 17.7. The number of benzene rings is 9. The van der Waals surface area contributed by atoms with Crippen LogP contribution >= 0.6 is 0 Å². The van der Waals surface area contributed by atoms with Crippen molar-refractivity contribution in [2.45, 2.75) is 64.7 Å². The fourth-order valence-corrected chi connectivity index (χ4v) is 12.3. The molecule has 324 valence electrons. The average Bonchev–Trinajstić information content (AvgIpc) is 4.02. The minimum absolute atomic E-state index is 0.156. The zero-order valence-electron chi connectivity index (χ0n) is 39.2. The minimum Gasteiger partial charge on any atom is -0.456 e. The number of rotatable bonds is 5. The van der Waals surface area contributed by atoms with Gasteiger partial charge in [0.1, 0.15) is 11.2 Å². The van der Waals surface area contributed by atoms with Gasteiger partial charge in [-0.3, -0.25) is 0 Å². The Balaban J connectivity index is 1.14. The fraction of sp³-hybridized carbons (Fsp3) is 0.156. The summed E-state index contributed by atoms with van der Waals surface area (Å²) in [4.78, 5) is 2.63. The summed E-state index contributed by atoms with van der Waals surface area (Å²) in [6.45, 7) is 17.1. The number of furan rings is 1. The summed E-state index contributed by atoms with van der Waals surface area (Å²) in [5, 5.41) is 4.76. The molecule has 2 aliphatic rings. The van der Waals surface area contributed by atoms with E-state index in [0.717, 1.165) is 50.1 Å². The van der Waals surface area contributed by atoms with Crippen LogP contribution in [-0.2, 0) is 16.2 Å². The maximum atomic E-state index is 6.39. The normalized spacial score (nSPS) is 14.4. The molecule has 11 aromatic rings. The third-order valence-corrected chi connectivity index (χ3v) is 15.2. The minimum atomic E-state index is -0.315. The molecule has 0 atom stereocenters. The van der Waals surface area contributed by atoms with E-state index in [4.69, 9.17) is 4.42 Å². The van der Waals surface area contributed by atoms with Gasteiger partial charge in [0, 0.05) is 49.4 Å². The second-order valence-electron chi connectivity index (χ2n) is 20.9. The van der Waals surface area contributed by atoms with Crippen LogP contribution in [0.5, 0.6) is 0 Å². The standard InChI is InChI=1S/C64H52N2O/c1-62(2,3)58-56-48-23-11-15-25-50(48)63(4,5)59(56)61(60-57(58)49-24-12-16-26-51(49)64(60,6)7)65(42-32-29-39(30-33-42)40-31-35-47-46-22-14-18-28-54(46)67-55(47)37-40)43-34-36-45-44-21-13-17-27-52(44)66(53(45)38-43)41-19-9-8-10-20-41/h8-38H,1-7H3. The van der Waals surface area contributed by atoms with Crippen LogP contribution in [0.15, 0.2) is 192 Å². The van der Waals surface area contributed by atoms with Crippen molar-refractivity contribution in [2.24, 2.45) is 0 Å². The summed E-state index contributed by atoms with van der Waals surface area (Å²) >= 11 is 0. The number of hydrogen-bond donors (Lipinski definition) is 0. The van der Waals surface area contributed by atoms with Crippen molar-refractivity contribution in [2.75, 3.05) is 4.90 Å². The van der Waals surface area contributed by atoms with Gasteiger partial charge < -0.3 is 13.9 Å². The van der Waals surface area contributed by atoms with E-state index < -0.39 is 0 Å². The molecule has 2 aliphatic carbocycles. The number of para-hydroxylation sites is 3. The molecular formula is C64H52N2O. The second kappa shape index (κ2) is 14.0. The van der Waals surface area contributed by atoms with Gasteiger partial charge in [-0.1, -0.05) is 176 Å². The lowest BCUT2D eigenvalue weighted by atomic mass is 9.71. The third kappa shape index (κ3) is 5.58. The van der Waals surface area contributed by atoms with E-state index in [0.29, 0.717) is 0 Å². The topological polar surface area (TPSA) is 21.3 Å². The van der Waals surface area contributed by atoms with Gasteiger partial charge in [0.2, 0.25) is 0 Å². The summed E-state index contributed by atoms with van der Waals surface area (Å²) in [7, 11) is 0. The van der Waals surface area contributed by atoms with Crippen molar-refractivity contribution in [3.63, 3.8) is 0 Å². The largest absolute Gasteiger partial charge is 0.456 e. The molecule has 3 heteroatoms. The average molecular weight is 865 g/mol. The number of aromatic nitrogens is 1. The van der Waals surface area contributed by atoms with Gasteiger partial charge in [0.05, 0.1) is 16.7 Å². The van der Waals surface area contributed by atoms with Crippen molar-refractivity contribution >= 4 is 60.8 Å². The van der Waals surface area contributed by atoms with Gasteiger partial charge in [0.25, 0.3) is 0 Å². The van der Waals surface area contributed by atoms with Crippen LogP contribution < -0.4 is 4.90 Å². The lowest BCUT2D eigenvalue weighted by molar-refractivity contribution is 0.587. The van der Waals surface area contributed by atoms with Crippen molar-refractivity contribution in [1.82, 2.24) is 4.57 Å². The fourth-order valence-electron chi connectivity index (χ4n) is 12.3. The molecule has 3 nitrogen and oxygen atoms in total. The van der Waals surface area contributed by atoms with Crippen molar-refractivity contribution in [1.29, 1.82) is 0 Å². The maximum Gasteiger partial charge on any atom is 0.136 e. The Morgan fingerprint density at radius 2 is 0.970 bits per heavy atom. The molecule has 0 spiro atoms. The van der Waals surface area contributed by atoms with Gasteiger partial charge in [-0.05, 0) is 127 Å². The Morgan fingerprint density at radius 3 is 1.64 bits per heavy atom. The van der Waals surface area contributed by atoms with Crippen LogP contribution in [0.3, 0.4) is 0 Å². The molecule has 0 radical (unpaired) electrons.